The SMILES string of the molecule is CCC(CC)N(C)c1ccc(CNC(C)C)cn1. The Morgan fingerprint density at radius 3 is 2.33 bits per heavy atom. The molecule has 0 aliphatic rings. The Balaban J connectivity index is 2.64. The third kappa shape index (κ3) is 4.30. The molecule has 0 saturated carbocycles. The van der Waals surface area contributed by atoms with E-state index in [1.807, 2.05) is 6.20 Å². The molecule has 0 bridgehead atoms. The van der Waals surface area contributed by atoms with Crippen molar-refractivity contribution in [1.29, 1.82) is 0 Å². The predicted octanol–water partition coefficient (Wildman–Crippen LogP) is 3.20. The monoisotopic (exact) mass is 249 g/mol. The Morgan fingerprint density at radius 1 is 1.22 bits per heavy atom. The van der Waals surface area contributed by atoms with E-state index >= 15 is 0 Å². The molecule has 1 aromatic heterocycles. The fourth-order valence-electron chi connectivity index (χ4n) is 2.08. The van der Waals surface area contributed by atoms with Crippen molar-refractivity contribution in [3.8, 4) is 0 Å². The van der Waals surface area contributed by atoms with Gasteiger partial charge < -0.3 is 10.2 Å². The topological polar surface area (TPSA) is 28.2 Å². The van der Waals surface area contributed by atoms with Gasteiger partial charge in [-0.2, -0.15) is 0 Å². The Bertz CT molecular complexity index is 328. The van der Waals surface area contributed by atoms with Gasteiger partial charge in [-0.15, -0.1) is 0 Å². The van der Waals surface area contributed by atoms with Crippen LogP contribution >= 0.6 is 0 Å². The molecule has 1 heterocycles. The molecular weight excluding hydrogens is 222 g/mol. The van der Waals surface area contributed by atoms with Gasteiger partial charge in [0.2, 0.25) is 0 Å². The molecule has 3 heteroatoms. The Labute approximate surface area is 112 Å². The van der Waals surface area contributed by atoms with Gasteiger partial charge in [-0.1, -0.05) is 33.8 Å². The number of nitrogens with zero attached hydrogens (tertiary/aromatic N) is 2. The van der Waals surface area contributed by atoms with Crippen LogP contribution in [0.15, 0.2) is 18.3 Å². The summed E-state index contributed by atoms with van der Waals surface area (Å²) in [6.45, 7) is 9.65. The van der Waals surface area contributed by atoms with Crippen molar-refractivity contribution < 1.29 is 0 Å². The number of nitrogens with one attached hydrogen (secondary N) is 1. The van der Waals surface area contributed by atoms with Gasteiger partial charge in [-0.3, -0.25) is 0 Å². The molecule has 0 unspecified atom stereocenters. The van der Waals surface area contributed by atoms with Gasteiger partial charge in [-0.25, -0.2) is 4.98 Å². The molecule has 1 rings (SSSR count). The Kier molecular flexibility index (Phi) is 6.13. The van der Waals surface area contributed by atoms with Crippen molar-refractivity contribution in [3.63, 3.8) is 0 Å². The molecule has 102 valence electrons. The average Bonchev–Trinajstić information content (AvgIpc) is 2.38. The number of rotatable bonds is 7. The minimum Gasteiger partial charge on any atom is -0.357 e. The second-order valence-electron chi connectivity index (χ2n) is 5.14. The van der Waals surface area contributed by atoms with Crippen molar-refractivity contribution in [2.45, 2.75) is 59.2 Å². The fourth-order valence-corrected chi connectivity index (χ4v) is 2.08. The second-order valence-corrected chi connectivity index (χ2v) is 5.14. The first-order valence-corrected chi connectivity index (χ1v) is 6.99. The van der Waals surface area contributed by atoms with Gasteiger partial charge in [0.05, 0.1) is 0 Å². The second kappa shape index (κ2) is 7.37. The molecule has 0 aliphatic heterocycles. The third-order valence-electron chi connectivity index (χ3n) is 3.38. The van der Waals surface area contributed by atoms with Crippen LogP contribution in [0.3, 0.4) is 0 Å². The number of hydrogen-bond donors (Lipinski definition) is 1. The summed E-state index contributed by atoms with van der Waals surface area (Å²) in [5.41, 5.74) is 1.24. The van der Waals surface area contributed by atoms with Gasteiger partial charge >= 0.3 is 0 Å². The van der Waals surface area contributed by atoms with Crippen LogP contribution in [-0.4, -0.2) is 24.1 Å². The summed E-state index contributed by atoms with van der Waals surface area (Å²) in [6.07, 6.45) is 4.29. The highest BCUT2D eigenvalue weighted by Crippen LogP contribution is 2.16. The zero-order chi connectivity index (χ0) is 13.5. The zero-order valence-electron chi connectivity index (χ0n) is 12.4. The van der Waals surface area contributed by atoms with E-state index in [1.165, 1.54) is 5.56 Å². The number of aromatic nitrogens is 1. The van der Waals surface area contributed by atoms with Crippen molar-refractivity contribution in [2.24, 2.45) is 0 Å². The Hall–Kier alpha value is -1.09. The van der Waals surface area contributed by atoms with Gasteiger partial charge in [0, 0.05) is 31.9 Å². The van der Waals surface area contributed by atoms with Crippen LogP contribution in [0.25, 0.3) is 0 Å². The van der Waals surface area contributed by atoms with E-state index in [1.54, 1.807) is 0 Å². The van der Waals surface area contributed by atoms with E-state index < -0.39 is 0 Å². The molecule has 0 aliphatic carbocycles. The standard InChI is InChI=1S/C15H27N3/c1-6-14(7-2)18(5)15-9-8-13(11-17-15)10-16-12(3)4/h8-9,11-12,14,16H,6-7,10H2,1-5H3. The van der Waals surface area contributed by atoms with Gasteiger partial charge in [0.15, 0.2) is 0 Å². The lowest BCUT2D eigenvalue weighted by molar-refractivity contribution is 0.582. The van der Waals surface area contributed by atoms with Crippen LogP contribution in [0.2, 0.25) is 0 Å². The van der Waals surface area contributed by atoms with Gasteiger partial charge in [0.25, 0.3) is 0 Å². The van der Waals surface area contributed by atoms with Gasteiger partial charge in [-0.05, 0) is 24.5 Å². The first-order valence-electron chi connectivity index (χ1n) is 6.99. The largest absolute Gasteiger partial charge is 0.357 e. The summed E-state index contributed by atoms with van der Waals surface area (Å²) in [4.78, 5) is 6.84. The number of pyridine rings is 1. The maximum absolute atomic E-state index is 4.56. The predicted molar refractivity (Wildman–Crippen MR) is 79.0 cm³/mol. The lowest BCUT2D eigenvalue weighted by Crippen LogP contribution is -2.31. The average molecular weight is 249 g/mol. The number of anilines is 1. The van der Waals surface area contributed by atoms with Crippen molar-refractivity contribution in [2.75, 3.05) is 11.9 Å². The molecule has 0 spiro atoms. The van der Waals surface area contributed by atoms with Crippen LogP contribution in [0.1, 0.15) is 46.1 Å². The van der Waals surface area contributed by atoms with Crippen LogP contribution < -0.4 is 10.2 Å². The van der Waals surface area contributed by atoms with E-state index in [2.05, 4.69) is 62.1 Å². The summed E-state index contributed by atoms with van der Waals surface area (Å²) in [5.74, 6) is 1.07. The first-order chi connectivity index (χ1) is 8.58. The molecule has 0 saturated heterocycles. The summed E-state index contributed by atoms with van der Waals surface area (Å²) >= 11 is 0. The Morgan fingerprint density at radius 2 is 1.89 bits per heavy atom. The summed E-state index contributed by atoms with van der Waals surface area (Å²) < 4.78 is 0. The molecule has 18 heavy (non-hydrogen) atoms. The number of hydrogen-bond acceptors (Lipinski definition) is 3. The molecule has 0 fully saturated rings. The van der Waals surface area contributed by atoms with E-state index in [4.69, 9.17) is 0 Å². The fraction of sp³-hybridized carbons (Fsp3) is 0.667. The lowest BCUT2D eigenvalue weighted by atomic mass is 10.1. The highest BCUT2D eigenvalue weighted by atomic mass is 15.2. The molecule has 0 amide bonds. The molecule has 1 aromatic rings. The normalized spacial score (nSPS) is 11.3. The van der Waals surface area contributed by atoms with E-state index in [0.29, 0.717) is 12.1 Å². The van der Waals surface area contributed by atoms with Crippen LogP contribution in [-0.2, 0) is 6.54 Å². The summed E-state index contributed by atoms with van der Waals surface area (Å²) in [5, 5.41) is 3.40. The maximum Gasteiger partial charge on any atom is 0.128 e. The molecule has 0 atom stereocenters. The van der Waals surface area contributed by atoms with Crippen molar-refractivity contribution in [3.05, 3.63) is 23.9 Å². The highest BCUT2D eigenvalue weighted by molar-refractivity contribution is 5.39. The smallest absolute Gasteiger partial charge is 0.128 e. The van der Waals surface area contributed by atoms with E-state index in [0.717, 1.165) is 25.2 Å². The molecule has 3 nitrogen and oxygen atoms in total. The summed E-state index contributed by atoms with van der Waals surface area (Å²) in [7, 11) is 2.13. The molecule has 1 N–H and O–H groups in total. The van der Waals surface area contributed by atoms with Crippen molar-refractivity contribution >= 4 is 5.82 Å². The quantitative estimate of drug-likeness (QED) is 0.804. The van der Waals surface area contributed by atoms with Gasteiger partial charge in [0.1, 0.15) is 5.82 Å². The van der Waals surface area contributed by atoms with E-state index in [9.17, 15) is 0 Å². The maximum atomic E-state index is 4.56. The highest BCUT2D eigenvalue weighted by Gasteiger charge is 2.11. The zero-order valence-corrected chi connectivity index (χ0v) is 12.4. The van der Waals surface area contributed by atoms with Crippen LogP contribution in [0, 0.1) is 0 Å². The molecule has 0 radical (unpaired) electrons. The third-order valence-corrected chi connectivity index (χ3v) is 3.38. The molecular formula is C15H27N3. The lowest BCUT2D eigenvalue weighted by Gasteiger charge is -2.27. The minimum absolute atomic E-state index is 0.511. The summed E-state index contributed by atoms with van der Waals surface area (Å²) in [6, 6.07) is 5.38. The van der Waals surface area contributed by atoms with Crippen LogP contribution in [0.5, 0.6) is 0 Å². The first kappa shape index (κ1) is 15.0. The van der Waals surface area contributed by atoms with E-state index in [-0.39, 0.29) is 0 Å². The minimum atomic E-state index is 0.511. The molecule has 0 aromatic carbocycles. The van der Waals surface area contributed by atoms with Crippen LogP contribution in [0.4, 0.5) is 5.82 Å². The van der Waals surface area contributed by atoms with Crippen molar-refractivity contribution in [1.82, 2.24) is 10.3 Å².